The number of hydrogen-bond donors (Lipinski definition) is 2. The summed E-state index contributed by atoms with van der Waals surface area (Å²) in [6.45, 7) is 0. The lowest BCUT2D eigenvalue weighted by Crippen LogP contribution is -2.01. The van der Waals surface area contributed by atoms with Crippen LogP contribution >= 0.6 is 23.2 Å². The van der Waals surface area contributed by atoms with Gasteiger partial charge in [-0.2, -0.15) is 5.26 Å². The fraction of sp³-hybridized carbons (Fsp3) is 0.0435. The summed E-state index contributed by atoms with van der Waals surface area (Å²) in [6.07, 6.45) is 0. The molecule has 7 nitrogen and oxygen atoms in total. The molecule has 0 saturated carbocycles. The van der Waals surface area contributed by atoms with Gasteiger partial charge in [0.2, 0.25) is 0 Å². The van der Waals surface area contributed by atoms with Crippen molar-refractivity contribution in [3.05, 3.63) is 70.2 Å². The van der Waals surface area contributed by atoms with Gasteiger partial charge in [0.05, 0.1) is 33.8 Å². The Morgan fingerprint density at radius 3 is 1.97 bits per heavy atom. The van der Waals surface area contributed by atoms with E-state index in [1.54, 1.807) is 30.3 Å². The van der Waals surface area contributed by atoms with E-state index in [1.807, 2.05) is 6.07 Å². The normalized spacial score (nSPS) is 10.6. The molecule has 1 aromatic heterocycles. The SMILES string of the molecule is COc1ccc(-c2nc(-c3cc(Cl)c(C#N)c(Cl)c3)nc(-c3ccccc3O)n2)c(O)c1. The van der Waals surface area contributed by atoms with Crippen molar-refractivity contribution in [1.29, 1.82) is 5.26 Å². The highest BCUT2D eigenvalue weighted by atomic mass is 35.5. The average Bonchev–Trinajstić information content (AvgIpc) is 2.78. The Morgan fingerprint density at radius 1 is 0.812 bits per heavy atom. The Kier molecular flexibility index (Phi) is 5.82. The summed E-state index contributed by atoms with van der Waals surface area (Å²) < 4.78 is 5.13. The second-order valence-corrected chi connectivity index (χ2v) is 7.45. The summed E-state index contributed by atoms with van der Waals surface area (Å²) >= 11 is 12.4. The fourth-order valence-corrected chi connectivity index (χ4v) is 3.62. The van der Waals surface area contributed by atoms with Crippen LogP contribution in [0, 0.1) is 11.3 Å². The second-order valence-electron chi connectivity index (χ2n) is 6.63. The van der Waals surface area contributed by atoms with E-state index >= 15 is 0 Å². The second kappa shape index (κ2) is 8.71. The number of methoxy groups -OCH3 is 1. The van der Waals surface area contributed by atoms with E-state index in [-0.39, 0.29) is 44.6 Å². The molecular formula is C23H14Cl2N4O3. The molecule has 0 bridgehead atoms. The van der Waals surface area contributed by atoms with Crippen LogP contribution in [0.5, 0.6) is 17.2 Å². The molecule has 158 valence electrons. The monoisotopic (exact) mass is 464 g/mol. The molecule has 0 radical (unpaired) electrons. The van der Waals surface area contributed by atoms with Crippen LogP contribution in [0.15, 0.2) is 54.6 Å². The predicted molar refractivity (Wildman–Crippen MR) is 121 cm³/mol. The van der Waals surface area contributed by atoms with Crippen LogP contribution < -0.4 is 4.74 Å². The number of phenolic OH excluding ortho intramolecular Hbond substituents is 2. The number of aromatic hydroxyl groups is 2. The van der Waals surface area contributed by atoms with Crippen LogP contribution in [0.2, 0.25) is 10.0 Å². The van der Waals surface area contributed by atoms with E-state index < -0.39 is 0 Å². The first-order valence-corrected chi connectivity index (χ1v) is 9.98. The topological polar surface area (TPSA) is 112 Å². The summed E-state index contributed by atoms with van der Waals surface area (Å²) in [5.41, 5.74) is 1.28. The zero-order valence-corrected chi connectivity index (χ0v) is 18.1. The maximum Gasteiger partial charge on any atom is 0.167 e. The summed E-state index contributed by atoms with van der Waals surface area (Å²) in [5, 5.41) is 30.3. The molecule has 2 N–H and O–H groups in total. The van der Waals surface area contributed by atoms with Crippen LogP contribution in [0.25, 0.3) is 34.2 Å². The maximum absolute atomic E-state index is 10.5. The first kappa shape index (κ1) is 21.4. The number of ether oxygens (including phenoxy) is 1. The Bertz CT molecular complexity index is 1360. The summed E-state index contributed by atoms with van der Waals surface area (Å²) in [4.78, 5) is 13.4. The lowest BCUT2D eigenvalue weighted by atomic mass is 10.1. The van der Waals surface area contributed by atoms with E-state index in [0.29, 0.717) is 22.4 Å². The molecular weight excluding hydrogens is 451 g/mol. The minimum absolute atomic E-state index is 0.0227. The third-order valence-corrected chi connectivity index (χ3v) is 5.23. The summed E-state index contributed by atoms with van der Waals surface area (Å²) in [6, 6.07) is 16.3. The Hall–Kier alpha value is -3.86. The van der Waals surface area contributed by atoms with E-state index in [1.165, 1.54) is 31.4 Å². The molecule has 4 aromatic rings. The van der Waals surface area contributed by atoms with Crippen LogP contribution in [-0.2, 0) is 0 Å². The third kappa shape index (κ3) is 4.02. The van der Waals surface area contributed by atoms with Crippen molar-refractivity contribution in [3.8, 4) is 57.5 Å². The molecule has 4 rings (SSSR count). The quantitative estimate of drug-likeness (QED) is 0.411. The molecule has 0 atom stereocenters. The van der Waals surface area contributed by atoms with Crippen LogP contribution in [-0.4, -0.2) is 32.3 Å². The Balaban J connectivity index is 1.97. The molecule has 1 heterocycles. The van der Waals surface area contributed by atoms with Crippen molar-refractivity contribution in [2.75, 3.05) is 7.11 Å². The first-order chi connectivity index (χ1) is 15.4. The first-order valence-electron chi connectivity index (χ1n) is 9.22. The van der Waals surface area contributed by atoms with Crippen molar-refractivity contribution >= 4 is 23.2 Å². The zero-order valence-electron chi connectivity index (χ0n) is 16.5. The third-order valence-electron chi connectivity index (χ3n) is 4.64. The molecule has 9 heteroatoms. The molecule has 0 aliphatic rings. The highest BCUT2D eigenvalue weighted by Crippen LogP contribution is 2.35. The highest BCUT2D eigenvalue weighted by Gasteiger charge is 2.18. The van der Waals surface area contributed by atoms with Gasteiger partial charge in [-0.25, -0.2) is 15.0 Å². The molecule has 0 amide bonds. The summed E-state index contributed by atoms with van der Waals surface area (Å²) in [5.74, 6) is 0.870. The van der Waals surface area contributed by atoms with Gasteiger partial charge in [0, 0.05) is 11.6 Å². The van der Waals surface area contributed by atoms with Gasteiger partial charge in [-0.1, -0.05) is 35.3 Å². The zero-order chi connectivity index (χ0) is 22.8. The standard InChI is InChI=1S/C23H14Cl2N4O3/c1-32-13-6-7-15(20(31)10-13)23-28-21(12-8-17(24)16(11-26)18(25)9-12)27-22(29-23)14-4-2-3-5-19(14)30/h2-10,30-31H,1H3. The maximum atomic E-state index is 10.5. The fourth-order valence-electron chi connectivity index (χ4n) is 3.05. The van der Waals surface area contributed by atoms with E-state index in [4.69, 9.17) is 27.9 Å². The molecule has 0 spiro atoms. The van der Waals surface area contributed by atoms with Gasteiger partial charge >= 0.3 is 0 Å². The average molecular weight is 465 g/mol. The number of hydrogen-bond acceptors (Lipinski definition) is 7. The molecule has 3 aromatic carbocycles. The van der Waals surface area contributed by atoms with E-state index in [0.717, 1.165) is 0 Å². The van der Waals surface area contributed by atoms with Crippen LogP contribution in [0.1, 0.15) is 5.56 Å². The summed E-state index contributed by atoms with van der Waals surface area (Å²) in [7, 11) is 1.49. The Morgan fingerprint density at radius 2 is 1.41 bits per heavy atom. The van der Waals surface area contributed by atoms with Gasteiger partial charge in [-0.15, -0.1) is 0 Å². The molecule has 0 aliphatic heterocycles. The Labute approximate surface area is 193 Å². The lowest BCUT2D eigenvalue weighted by Gasteiger charge is -2.11. The van der Waals surface area contributed by atoms with Crippen LogP contribution in [0.4, 0.5) is 0 Å². The number of nitriles is 1. The largest absolute Gasteiger partial charge is 0.507 e. The number of aromatic nitrogens is 3. The predicted octanol–water partition coefficient (Wildman–Crippen LogP) is 5.47. The molecule has 0 saturated heterocycles. The van der Waals surface area contributed by atoms with Crippen molar-refractivity contribution in [1.82, 2.24) is 15.0 Å². The lowest BCUT2D eigenvalue weighted by molar-refractivity contribution is 0.408. The van der Waals surface area contributed by atoms with Gasteiger partial charge in [0.15, 0.2) is 17.5 Å². The van der Waals surface area contributed by atoms with Crippen LogP contribution in [0.3, 0.4) is 0 Å². The highest BCUT2D eigenvalue weighted by molar-refractivity contribution is 6.37. The minimum Gasteiger partial charge on any atom is -0.507 e. The molecule has 32 heavy (non-hydrogen) atoms. The van der Waals surface area contributed by atoms with Gasteiger partial charge in [-0.3, -0.25) is 0 Å². The number of rotatable bonds is 4. The minimum atomic E-state index is -0.0966. The molecule has 0 unspecified atom stereocenters. The van der Waals surface area contributed by atoms with Crippen molar-refractivity contribution in [2.24, 2.45) is 0 Å². The molecule has 0 aliphatic carbocycles. The van der Waals surface area contributed by atoms with Crippen molar-refractivity contribution in [2.45, 2.75) is 0 Å². The number of halogens is 2. The number of para-hydroxylation sites is 1. The number of nitrogens with zero attached hydrogens (tertiary/aromatic N) is 4. The van der Waals surface area contributed by atoms with Gasteiger partial charge in [-0.05, 0) is 36.4 Å². The van der Waals surface area contributed by atoms with E-state index in [2.05, 4.69) is 15.0 Å². The van der Waals surface area contributed by atoms with Gasteiger partial charge in [0.1, 0.15) is 23.3 Å². The smallest absolute Gasteiger partial charge is 0.167 e. The number of benzene rings is 3. The van der Waals surface area contributed by atoms with Crippen molar-refractivity contribution in [3.63, 3.8) is 0 Å². The number of phenols is 2. The van der Waals surface area contributed by atoms with Crippen molar-refractivity contribution < 1.29 is 14.9 Å². The van der Waals surface area contributed by atoms with Gasteiger partial charge in [0.25, 0.3) is 0 Å². The molecule has 0 fully saturated rings. The van der Waals surface area contributed by atoms with E-state index in [9.17, 15) is 15.5 Å². The van der Waals surface area contributed by atoms with Gasteiger partial charge < -0.3 is 14.9 Å².